The summed E-state index contributed by atoms with van der Waals surface area (Å²) in [6, 6.07) is 9.44. The number of nitrogens with one attached hydrogen (secondary N) is 1. The molecule has 3 aromatic rings. The maximum absolute atomic E-state index is 11.1. The van der Waals surface area contributed by atoms with Gasteiger partial charge in [0.1, 0.15) is 0 Å². The third kappa shape index (κ3) is 3.11. The number of nitrogens with zero attached hydrogens (tertiary/aromatic N) is 3. The molecule has 0 atom stereocenters. The monoisotopic (exact) mass is 357 g/mol. The van der Waals surface area contributed by atoms with E-state index in [0.717, 1.165) is 37.2 Å². The molecule has 1 heterocycles. The van der Waals surface area contributed by atoms with E-state index in [9.17, 15) is 20.2 Å². The second-order valence-corrected chi connectivity index (χ2v) is 6.28. The van der Waals surface area contributed by atoms with Gasteiger partial charge in [0, 0.05) is 46.1 Å². The molecule has 8 heteroatoms. The third-order valence-electron chi connectivity index (χ3n) is 4.94. The standard InChI is InChI=1S/C18H20N4O4/c1-3-19(4-2)9-10-20-17-7-5-13(21(23)24)11-15(17)16-12-14(22(25)26)6-8-18(16)20/h5-8,11-12H,3-4,9-10H2,1-2H3/p+1. The van der Waals surface area contributed by atoms with Crippen molar-refractivity contribution in [2.45, 2.75) is 20.4 Å². The lowest BCUT2D eigenvalue weighted by atomic mass is 10.1. The summed E-state index contributed by atoms with van der Waals surface area (Å²) < 4.78 is 2.10. The van der Waals surface area contributed by atoms with E-state index in [2.05, 4.69) is 18.4 Å². The minimum Gasteiger partial charge on any atom is -0.335 e. The normalized spacial score (nSPS) is 11.5. The molecular formula is C18H21N4O4+. The Balaban J connectivity index is 2.21. The van der Waals surface area contributed by atoms with Crippen LogP contribution < -0.4 is 4.90 Å². The van der Waals surface area contributed by atoms with Crippen LogP contribution in [0.2, 0.25) is 0 Å². The van der Waals surface area contributed by atoms with Gasteiger partial charge in [-0.25, -0.2) is 0 Å². The van der Waals surface area contributed by atoms with Gasteiger partial charge in [0.15, 0.2) is 0 Å². The minimum absolute atomic E-state index is 0.0163. The maximum atomic E-state index is 11.1. The summed E-state index contributed by atoms with van der Waals surface area (Å²) in [6.45, 7) is 7.97. The molecule has 26 heavy (non-hydrogen) atoms. The fraction of sp³-hybridized carbons (Fsp3) is 0.333. The second kappa shape index (κ2) is 7.09. The summed E-state index contributed by atoms with van der Waals surface area (Å²) in [4.78, 5) is 22.8. The van der Waals surface area contributed by atoms with Crippen LogP contribution >= 0.6 is 0 Å². The van der Waals surface area contributed by atoms with E-state index in [1.54, 1.807) is 12.1 Å². The van der Waals surface area contributed by atoms with Crippen LogP contribution in [0.3, 0.4) is 0 Å². The van der Waals surface area contributed by atoms with Crippen molar-refractivity contribution in [1.82, 2.24) is 4.57 Å². The van der Waals surface area contributed by atoms with Crippen molar-refractivity contribution in [3.63, 3.8) is 0 Å². The van der Waals surface area contributed by atoms with Crippen molar-refractivity contribution >= 4 is 33.2 Å². The van der Waals surface area contributed by atoms with E-state index in [4.69, 9.17) is 0 Å². The second-order valence-electron chi connectivity index (χ2n) is 6.28. The molecule has 1 aromatic heterocycles. The van der Waals surface area contributed by atoms with Gasteiger partial charge < -0.3 is 9.47 Å². The molecule has 0 fully saturated rings. The Labute approximate surface area is 149 Å². The van der Waals surface area contributed by atoms with E-state index in [-0.39, 0.29) is 11.4 Å². The van der Waals surface area contributed by atoms with Crippen molar-refractivity contribution in [2.24, 2.45) is 0 Å². The third-order valence-corrected chi connectivity index (χ3v) is 4.94. The number of aromatic nitrogens is 1. The van der Waals surface area contributed by atoms with E-state index < -0.39 is 9.85 Å². The van der Waals surface area contributed by atoms with Crippen LogP contribution in [0.15, 0.2) is 36.4 Å². The molecule has 0 bridgehead atoms. The Kier molecular flexibility index (Phi) is 4.85. The van der Waals surface area contributed by atoms with Crippen molar-refractivity contribution in [1.29, 1.82) is 0 Å². The molecule has 0 saturated carbocycles. The number of likely N-dealkylation sites (N-methyl/N-ethyl adjacent to an activating group) is 1. The van der Waals surface area contributed by atoms with Crippen LogP contribution in [-0.2, 0) is 6.54 Å². The summed E-state index contributed by atoms with van der Waals surface area (Å²) in [5, 5.41) is 23.6. The fourth-order valence-corrected chi connectivity index (χ4v) is 3.42. The first-order valence-electron chi connectivity index (χ1n) is 8.64. The van der Waals surface area contributed by atoms with Crippen LogP contribution in [0.5, 0.6) is 0 Å². The molecule has 0 saturated heterocycles. The molecule has 1 N–H and O–H groups in total. The first-order chi connectivity index (χ1) is 12.5. The molecule has 136 valence electrons. The quantitative estimate of drug-likeness (QED) is 0.519. The fourth-order valence-electron chi connectivity index (χ4n) is 3.42. The van der Waals surface area contributed by atoms with E-state index in [1.165, 1.54) is 29.2 Å². The predicted molar refractivity (Wildman–Crippen MR) is 99.7 cm³/mol. The lowest BCUT2D eigenvalue weighted by Gasteiger charge is -2.16. The van der Waals surface area contributed by atoms with Gasteiger partial charge in [-0.2, -0.15) is 0 Å². The number of nitro groups is 2. The number of nitro benzene ring substituents is 2. The summed E-state index contributed by atoms with van der Waals surface area (Å²) in [6.07, 6.45) is 0. The number of fused-ring (bicyclic) bond motifs is 3. The predicted octanol–water partition coefficient (Wildman–Crippen LogP) is 2.54. The molecule has 2 aromatic carbocycles. The highest BCUT2D eigenvalue weighted by Crippen LogP contribution is 2.33. The largest absolute Gasteiger partial charge is 0.335 e. The molecule has 3 rings (SSSR count). The first kappa shape index (κ1) is 17.8. The van der Waals surface area contributed by atoms with Crippen LogP contribution in [0, 0.1) is 20.2 Å². The van der Waals surface area contributed by atoms with Crippen LogP contribution in [-0.4, -0.2) is 34.0 Å². The summed E-state index contributed by atoms with van der Waals surface area (Å²) >= 11 is 0. The average Bonchev–Trinajstić information content (AvgIpc) is 2.95. The Morgan fingerprint density at radius 2 is 1.35 bits per heavy atom. The zero-order valence-corrected chi connectivity index (χ0v) is 14.8. The Morgan fingerprint density at radius 3 is 1.73 bits per heavy atom. The van der Waals surface area contributed by atoms with Crippen molar-refractivity contribution in [3.8, 4) is 0 Å². The van der Waals surface area contributed by atoms with Gasteiger partial charge in [-0.15, -0.1) is 0 Å². The topological polar surface area (TPSA) is 95.7 Å². The van der Waals surface area contributed by atoms with Gasteiger partial charge in [0.2, 0.25) is 0 Å². The lowest BCUT2D eigenvalue weighted by molar-refractivity contribution is -0.897. The summed E-state index contributed by atoms with van der Waals surface area (Å²) in [7, 11) is 0. The van der Waals surface area contributed by atoms with Gasteiger partial charge in [-0.1, -0.05) is 0 Å². The number of quaternary nitrogens is 1. The average molecular weight is 357 g/mol. The molecular weight excluding hydrogens is 336 g/mol. The van der Waals surface area contributed by atoms with Crippen molar-refractivity contribution in [3.05, 3.63) is 56.6 Å². The molecule has 0 aliphatic carbocycles. The van der Waals surface area contributed by atoms with E-state index in [0.29, 0.717) is 10.8 Å². The number of non-ortho nitro benzene ring substituents is 2. The molecule has 0 aliphatic heterocycles. The molecule has 0 amide bonds. The van der Waals surface area contributed by atoms with Gasteiger partial charge in [0.05, 0.1) is 36.0 Å². The highest BCUT2D eigenvalue weighted by atomic mass is 16.6. The van der Waals surface area contributed by atoms with E-state index >= 15 is 0 Å². The highest BCUT2D eigenvalue weighted by molar-refractivity contribution is 6.09. The SMILES string of the molecule is CC[NH+](CC)CCn1c2ccc([N+](=O)[O-])cc2c2cc([N+](=O)[O-])ccc21. The number of hydrogen-bond donors (Lipinski definition) is 1. The van der Waals surface area contributed by atoms with Crippen LogP contribution in [0.4, 0.5) is 11.4 Å². The van der Waals surface area contributed by atoms with Crippen molar-refractivity contribution in [2.75, 3.05) is 19.6 Å². The highest BCUT2D eigenvalue weighted by Gasteiger charge is 2.18. The van der Waals surface area contributed by atoms with Gasteiger partial charge in [-0.3, -0.25) is 20.2 Å². The Morgan fingerprint density at radius 1 is 0.885 bits per heavy atom. The zero-order valence-electron chi connectivity index (χ0n) is 14.8. The lowest BCUT2D eigenvalue weighted by Crippen LogP contribution is -3.11. The van der Waals surface area contributed by atoms with Gasteiger partial charge in [0.25, 0.3) is 11.4 Å². The molecule has 0 aliphatic rings. The molecule has 0 spiro atoms. The minimum atomic E-state index is -0.444. The Bertz CT molecular complexity index is 920. The number of hydrogen-bond acceptors (Lipinski definition) is 4. The summed E-state index contributed by atoms with van der Waals surface area (Å²) in [5.41, 5.74) is 1.69. The van der Waals surface area contributed by atoms with Crippen LogP contribution in [0.1, 0.15) is 13.8 Å². The molecule has 0 radical (unpaired) electrons. The van der Waals surface area contributed by atoms with Gasteiger partial charge >= 0.3 is 0 Å². The first-order valence-corrected chi connectivity index (χ1v) is 8.64. The summed E-state index contributed by atoms with van der Waals surface area (Å²) in [5.74, 6) is 0. The number of benzene rings is 2. The smallest absolute Gasteiger partial charge is 0.270 e. The zero-order chi connectivity index (χ0) is 18.8. The number of rotatable bonds is 7. The maximum Gasteiger partial charge on any atom is 0.270 e. The Hall–Kier alpha value is -3.00. The van der Waals surface area contributed by atoms with Crippen molar-refractivity contribution < 1.29 is 14.7 Å². The van der Waals surface area contributed by atoms with Crippen LogP contribution in [0.25, 0.3) is 21.8 Å². The van der Waals surface area contributed by atoms with Gasteiger partial charge in [-0.05, 0) is 26.0 Å². The molecule has 8 nitrogen and oxygen atoms in total. The molecule has 0 unspecified atom stereocenters. The van der Waals surface area contributed by atoms with E-state index in [1.807, 2.05) is 0 Å².